The van der Waals surface area contributed by atoms with Gasteiger partial charge in [-0.05, 0) is 50.1 Å². The fourth-order valence-corrected chi connectivity index (χ4v) is 3.14. The Morgan fingerprint density at radius 1 is 1.12 bits per heavy atom. The van der Waals surface area contributed by atoms with E-state index in [0.717, 1.165) is 24.8 Å². The number of hydrogen-bond donors (Lipinski definition) is 2. The standard InChI is InChI=1S/C20H23F2N3O/c1-14(18-9-4-15(21)12-19(18)22)23-13-20(26)24-16-5-7-17(8-6-16)25-10-2-3-11-25/h4-9,12,14,23H,2-3,10-11,13H2,1H3,(H,24,26)/t14-/m1/s1. The molecular weight excluding hydrogens is 336 g/mol. The third kappa shape index (κ3) is 4.58. The van der Waals surface area contributed by atoms with E-state index in [0.29, 0.717) is 5.56 Å². The van der Waals surface area contributed by atoms with Crippen LogP contribution < -0.4 is 15.5 Å². The summed E-state index contributed by atoms with van der Waals surface area (Å²) in [6.07, 6.45) is 2.44. The predicted molar refractivity (Wildman–Crippen MR) is 99.3 cm³/mol. The zero-order valence-electron chi connectivity index (χ0n) is 14.8. The topological polar surface area (TPSA) is 44.4 Å². The van der Waals surface area contributed by atoms with Crippen molar-refractivity contribution in [2.75, 3.05) is 29.9 Å². The van der Waals surface area contributed by atoms with Gasteiger partial charge in [-0.2, -0.15) is 0 Å². The van der Waals surface area contributed by atoms with Crippen LogP contribution in [0.5, 0.6) is 0 Å². The number of carbonyl (C=O) groups excluding carboxylic acids is 1. The van der Waals surface area contributed by atoms with Crippen LogP contribution in [0.15, 0.2) is 42.5 Å². The highest BCUT2D eigenvalue weighted by Crippen LogP contribution is 2.22. The summed E-state index contributed by atoms with van der Waals surface area (Å²) in [4.78, 5) is 14.4. The first-order valence-electron chi connectivity index (χ1n) is 8.86. The van der Waals surface area contributed by atoms with Gasteiger partial charge in [-0.15, -0.1) is 0 Å². The van der Waals surface area contributed by atoms with Gasteiger partial charge in [0.25, 0.3) is 0 Å². The molecule has 1 saturated heterocycles. The van der Waals surface area contributed by atoms with Crippen molar-refractivity contribution in [2.45, 2.75) is 25.8 Å². The summed E-state index contributed by atoms with van der Waals surface area (Å²) in [7, 11) is 0. The average Bonchev–Trinajstić information content (AvgIpc) is 3.15. The Labute approximate surface area is 152 Å². The largest absolute Gasteiger partial charge is 0.372 e. The molecule has 3 rings (SSSR count). The van der Waals surface area contributed by atoms with Gasteiger partial charge >= 0.3 is 0 Å². The second kappa shape index (κ2) is 8.27. The number of nitrogens with one attached hydrogen (secondary N) is 2. The molecule has 4 nitrogen and oxygen atoms in total. The zero-order chi connectivity index (χ0) is 18.5. The molecule has 0 bridgehead atoms. The maximum atomic E-state index is 13.8. The van der Waals surface area contributed by atoms with Gasteiger partial charge < -0.3 is 15.5 Å². The second-order valence-corrected chi connectivity index (χ2v) is 6.56. The molecule has 2 aromatic rings. The summed E-state index contributed by atoms with van der Waals surface area (Å²) < 4.78 is 26.7. The van der Waals surface area contributed by atoms with E-state index in [4.69, 9.17) is 0 Å². The lowest BCUT2D eigenvalue weighted by atomic mass is 10.1. The van der Waals surface area contributed by atoms with E-state index < -0.39 is 17.7 Å². The first-order valence-corrected chi connectivity index (χ1v) is 8.86. The van der Waals surface area contributed by atoms with Crippen molar-refractivity contribution in [2.24, 2.45) is 0 Å². The summed E-state index contributed by atoms with van der Waals surface area (Å²) in [6, 6.07) is 10.8. The summed E-state index contributed by atoms with van der Waals surface area (Å²) in [5.41, 5.74) is 2.22. The van der Waals surface area contributed by atoms with Crippen LogP contribution in [0.4, 0.5) is 20.2 Å². The first kappa shape index (κ1) is 18.3. The molecule has 1 heterocycles. The van der Waals surface area contributed by atoms with E-state index in [1.807, 2.05) is 24.3 Å². The van der Waals surface area contributed by atoms with Crippen molar-refractivity contribution >= 4 is 17.3 Å². The Hall–Kier alpha value is -2.47. The number of benzene rings is 2. The molecule has 138 valence electrons. The van der Waals surface area contributed by atoms with Crippen molar-refractivity contribution in [3.8, 4) is 0 Å². The van der Waals surface area contributed by atoms with Crippen LogP contribution in [-0.2, 0) is 4.79 Å². The van der Waals surface area contributed by atoms with E-state index >= 15 is 0 Å². The lowest BCUT2D eigenvalue weighted by Gasteiger charge is -2.18. The maximum Gasteiger partial charge on any atom is 0.238 e. The molecule has 1 fully saturated rings. The van der Waals surface area contributed by atoms with Gasteiger partial charge in [0, 0.05) is 42.1 Å². The molecular formula is C20H23F2N3O. The molecule has 0 aromatic heterocycles. The highest BCUT2D eigenvalue weighted by Gasteiger charge is 2.14. The van der Waals surface area contributed by atoms with E-state index in [1.165, 1.54) is 30.7 Å². The van der Waals surface area contributed by atoms with Crippen molar-refractivity contribution in [1.82, 2.24) is 5.32 Å². The molecule has 1 aliphatic heterocycles. The Bertz CT molecular complexity index is 758. The molecule has 1 aliphatic rings. The molecule has 0 aliphatic carbocycles. The molecule has 1 atom stereocenters. The maximum absolute atomic E-state index is 13.8. The summed E-state index contributed by atoms with van der Waals surface area (Å²) in [5, 5.41) is 5.77. The van der Waals surface area contributed by atoms with Gasteiger partial charge in [0.15, 0.2) is 0 Å². The highest BCUT2D eigenvalue weighted by atomic mass is 19.1. The van der Waals surface area contributed by atoms with Gasteiger partial charge in [0.1, 0.15) is 11.6 Å². The van der Waals surface area contributed by atoms with Crippen LogP contribution in [0.3, 0.4) is 0 Å². The Kier molecular flexibility index (Phi) is 5.83. The number of rotatable bonds is 6. The third-order valence-electron chi connectivity index (χ3n) is 4.62. The van der Waals surface area contributed by atoms with E-state index in [2.05, 4.69) is 15.5 Å². The van der Waals surface area contributed by atoms with Crippen LogP contribution in [0.2, 0.25) is 0 Å². The molecule has 26 heavy (non-hydrogen) atoms. The van der Waals surface area contributed by atoms with Gasteiger partial charge in [0.2, 0.25) is 5.91 Å². The van der Waals surface area contributed by atoms with Crippen LogP contribution in [0.25, 0.3) is 0 Å². The molecule has 6 heteroatoms. The molecule has 2 aromatic carbocycles. The predicted octanol–water partition coefficient (Wildman–Crippen LogP) is 3.85. The minimum absolute atomic E-state index is 0.0336. The fourth-order valence-electron chi connectivity index (χ4n) is 3.14. The lowest BCUT2D eigenvalue weighted by Crippen LogP contribution is -2.30. The molecule has 0 radical (unpaired) electrons. The van der Waals surface area contributed by atoms with Crippen molar-refractivity contribution in [3.05, 3.63) is 59.7 Å². The van der Waals surface area contributed by atoms with Crippen molar-refractivity contribution in [3.63, 3.8) is 0 Å². The fraction of sp³-hybridized carbons (Fsp3) is 0.350. The van der Waals surface area contributed by atoms with Gasteiger partial charge in [0.05, 0.1) is 6.54 Å². The quantitative estimate of drug-likeness (QED) is 0.823. The highest BCUT2D eigenvalue weighted by molar-refractivity contribution is 5.92. The van der Waals surface area contributed by atoms with Crippen molar-refractivity contribution in [1.29, 1.82) is 0 Å². The number of hydrogen-bond acceptors (Lipinski definition) is 3. The first-order chi connectivity index (χ1) is 12.5. The molecule has 0 unspecified atom stereocenters. The number of halogens is 2. The van der Waals surface area contributed by atoms with Crippen LogP contribution in [0, 0.1) is 11.6 Å². The average molecular weight is 359 g/mol. The molecule has 0 spiro atoms. The van der Waals surface area contributed by atoms with Crippen LogP contribution >= 0.6 is 0 Å². The minimum Gasteiger partial charge on any atom is -0.372 e. The van der Waals surface area contributed by atoms with Crippen LogP contribution in [-0.4, -0.2) is 25.5 Å². The summed E-state index contributed by atoms with van der Waals surface area (Å²) in [5.74, 6) is -1.45. The van der Waals surface area contributed by atoms with E-state index in [9.17, 15) is 13.6 Å². The zero-order valence-corrected chi connectivity index (χ0v) is 14.8. The van der Waals surface area contributed by atoms with Gasteiger partial charge in [-0.25, -0.2) is 8.78 Å². The Morgan fingerprint density at radius 2 is 1.81 bits per heavy atom. The second-order valence-electron chi connectivity index (χ2n) is 6.56. The summed E-state index contributed by atoms with van der Waals surface area (Å²) >= 11 is 0. The van der Waals surface area contributed by atoms with Gasteiger partial charge in [-0.1, -0.05) is 6.07 Å². The normalized spacial score (nSPS) is 15.1. The lowest BCUT2D eigenvalue weighted by molar-refractivity contribution is -0.115. The monoisotopic (exact) mass is 359 g/mol. The molecule has 0 saturated carbocycles. The number of anilines is 2. The minimum atomic E-state index is -0.622. The van der Waals surface area contributed by atoms with E-state index in [-0.39, 0.29) is 12.5 Å². The Balaban J connectivity index is 1.50. The van der Waals surface area contributed by atoms with Gasteiger partial charge in [-0.3, -0.25) is 4.79 Å². The van der Waals surface area contributed by atoms with Crippen LogP contribution in [0.1, 0.15) is 31.4 Å². The third-order valence-corrected chi connectivity index (χ3v) is 4.62. The number of carbonyl (C=O) groups is 1. The SMILES string of the molecule is C[C@@H](NCC(=O)Nc1ccc(N2CCCC2)cc1)c1ccc(F)cc1F. The molecule has 2 N–H and O–H groups in total. The van der Waals surface area contributed by atoms with E-state index in [1.54, 1.807) is 6.92 Å². The Morgan fingerprint density at radius 3 is 2.46 bits per heavy atom. The number of amides is 1. The summed E-state index contributed by atoms with van der Waals surface area (Å²) in [6.45, 7) is 3.92. The smallest absolute Gasteiger partial charge is 0.238 e. The number of nitrogens with zero attached hydrogens (tertiary/aromatic N) is 1. The molecule has 1 amide bonds. The van der Waals surface area contributed by atoms with Crippen molar-refractivity contribution < 1.29 is 13.6 Å².